The third-order valence-electron chi connectivity index (χ3n) is 2.32. The number of halogens is 1. The number of phenols is 1. The van der Waals surface area contributed by atoms with Crippen molar-refractivity contribution in [3.05, 3.63) is 54.3 Å². The number of nitrogens with one attached hydrogen (secondary N) is 1. The van der Waals surface area contributed by atoms with E-state index < -0.39 is 0 Å². The van der Waals surface area contributed by atoms with Crippen LogP contribution in [0.1, 0.15) is 0 Å². The second-order valence-corrected chi connectivity index (χ2v) is 3.84. The summed E-state index contributed by atoms with van der Waals surface area (Å²) in [7, 11) is 0. The predicted molar refractivity (Wildman–Crippen MR) is 68.6 cm³/mol. The van der Waals surface area contributed by atoms with Gasteiger partial charge in [0.2, 0.25) is 0 Å². The lowest BCUT2D eigenvalue weighted by atomic mass is 10.3. The number of carbonyl (C=O) groups is 1. The molecule has 0 spiro atoms. The van der Waals surface area contributed by atoms with E-state index in [1.165, 1.54) is 36.4 Å². The summed E-state index contributed by atoms with van der Waals surface area (Å²) in [5.41, 5.74) is 0.492. The molecule has 0 bridgehead atoms. The van der Waals surface area contributed by atoms with Crippen LogP contribution < -0.4 is 10.1 Å². The highest BCUT2D eigenvalue weighted by Gasteiger charge is 2.04. The highest BCUT2D eigenvalue weighted by Crippen LogP contribution is 2.17. The number of rotatable bonds is 4. The van der Waals surface area contributed by atoms with E-state index in [1.807, 2.05) is 0 Å². The average Bonchev–Trinajstić information content (AvgIpc) is 2.39. The summed E-state index contributed by atoms with van der Waals surface area (Å²) >= 11 is 0. The fraction of sp³-hybridized carbons (Fsp3) is 0.0714. The monoisotopic (exact) mass is 261 g/mol. The summed E-state index contributed by atoms with van der Waals surface area (Å²) in [4.78, 5) is 11.6. The molecule has 0 aliphatic rings. The van der Waals surface area contributed by atoms with Crippen LogP contribution in [0.4, 0.5) is 10.1 Å². The molecule has 1 amide bonds. The number of benzene rings is 2. The van der Waals surface area contributed by atoms with Crippen LogP contribution in [0, 0.1) is 5.82 Å². The Morgan fingerprint density at radius 2 is 1.95 bits per heavy atom. The number of hydrogen-bond acceptors (Lipinski definition) is 3. The van der Waals surface area contributed by atoms with Crippen LogP contribution in [0.2, 0.25) is 0 Å². The van der Waals surface area contributed by atoms with Gasteiger partial charge < -0.3 is 15.2 Å². The van der Waals surface area contributed by atoms with Gasteiger partial charge in [-0.15, -0.1) is 0 Å². The first-order chi connectivity index (χ1) is 9.13. The SMILES string of the molecule is O=C(COc1cccc(O)c1)Nc1ccc(F)cc1. The fourth-order valence-corrected chi connectivity index (χ4v) is 1.45. The average molecular weight is 261 g/mol. The summed E-state index contributed by atoms with van der Waals surface area (Å²) in [6.07, 6.45) is 0. The van der Waals surface area contributed by atoms with Crippen molar-refractivity contribution in [2.75, 3.05) is 11.9 Å². The number of anilines is 1. The summed E-state index contributed by atoms with van der Waals surface area (Å²) < 4.78 is 17.9. The van der Waals surface area contributed by atoms with Crippen molar-refractivity contribution in [1.29, 1.82) is 0 Å². The third kappa shape index (κ3) is 3.99. The van der Waals surface area contributed by atoms with Gasteiger partial charge in [-0.25, -0.2) is 4.39 Å². The van der Waals surface area contributed by atoms with Crippen LogP contribution in [0.25, 0.3) is 0 Å². The Morgan fingerprint density at radius 3 is 2.63 bits per heavy atom. The Kier molecular flexibility index (Phi) is 3.97. The van der Waals surface area contributed by atoms with Crippen LogP contribution in [-0.4, -0.2) is 17.6 Å². The van der Waals surface area contributed by atoms with E-state index >= 15 is 0 Å². The molecule has 0 atom stereocenters. The van der Waals surface area contributed by atoms with E-state index in [9.17, 15) is 14.3 Å². The van der Waals surface area contributed by atoms with Gasteiger partial charge >= 0.3 is 0 Å². The molecule has 2 rings (SSSR count). The lowest BCUT2D eigenvalue weighted by Crippen LogP contribution is -2.20. The topological polar surface area (TPSA) is 58.6 Å². The summed E-state index contributed by atoms with van der Waals surface area (Å²) in [5.74, 6) is -0.269. The first-order valence-corrected chi connectivity index (χ1v) is 5.61. The Hall–Kier alpha value is -2.56. The minimum atomic E-state index is -0.367. The highest BCUT2D eigenvalue weighted by molar-refractivity contribution is 5.91. The molecule has 0 fully saturated rings. The Morgan fingerprint density at radius 1 is 1.21 bits per heavy atom. The maximum atomic E-state index is 12.7. The normalized spacial score (nSPS) is 9.95. The molecule has 0 heterocycles. The van der Waals surface area contributed by atoms with Gasteiger partial charge in [0, 0.05) is 11.8 Å². The molecule has 0 aliphatic heterocycles. The maximum absolute atomic E-state index is 12.7. The quantitative estimate of drug-likeness (QED) is 0.889. The van der Waals surface area contributed by atoms with Crippen molar-refractivity contribution in [1.82, 2.24) is 0 Å². The van der Waals surface area contributed by atoms with Gasteiger partial charge in [0.25, 0.3) is 5.91 Å². The largest absolute Gasteiger partial charge is 0.508 e. The number of amides is 1. The van der Waals surface area contributed by atoms with E-state index in [0.717, 1.165) is 0 Å². The summed E-state index contributed by atoms with van der Waals surface area (Å²) in [6, 6.07) is 11.6. The Balaban J connectivity index is 1.86. The first-order valence-electron chi connectivity index (χ1n) is 5.61. The van der Waals surface area contributed by atoms with Crippen LogP contribution in [0.5, 0.6) is 11.5 Å². The Bertz CT molecular complexity index is 569. The van der Waals surface area contributed by atoms with Gasteiger partial charge in [0.05, 0.1) is 0 Å². The van der Waals surface area contributed by atoms with E-state index in [-0.39, 0.29) is 24.1 Å². The van der Waals surface area contributed by atoms with Crippen molar-refractivity contribution >= 4 is 11.6 Å². The van der Waals surface area contributed by atoms with Crippen molar-refractivity contribution in [3.63, 3.8) is 0 Å². The second kappa shape index (κ2) is 5.86. The van der Waals surface area contributed by atoms with Gasteiger partial charge in [-0.2, -0.15) is 0 Å². The van der Waals surface area contributed by atoms with Gasteiger partial charge in [-0.3, -0.25) is 4.79 Å². The smallest absolute Gasteiger partial charge is 0.262 e. The van der Waals surface area contributed by atoms with Gasteiger partial charge in [0.1, 0.15) is 17.3 Å². The number of ether oxygens (including phenoxy) is 1. The van der Waals surface area contributed by atoms with E-state index in [0.29, 0.717) is 11.4 Å². The Labute approximate surface area is 109 Å². The molecule has 0 aromatic heterocycles. The molecule has 19 heavy (non-hydrogen) atoms. The zero-order chi connectivity index (χ0) is 13.7. The molecule has 4 nitrogen and oxygen atoms in total. The van der Waals surface area contributed by atoms with Gasteiger partial charge in [-0.1, -0.05) is 6.07 Å². The molecule has 2 aromatic rings. The molecule has 2 aromatic carbocycles. The zero-order valence-electron chi connectivity index (χ0n) is 9.97. The summed E-state index contributed by atoms with van der Waals surface area (Å²) in [5, 5.41) is 11.8. The fourth-order valence-electron chi connectivity index (χ4n) is 1.45. The number of carbonyl (C=O) groups excluding carboxylic acids is 1. The van der Waals surface area contributed by atoms with Crippen LogP contribution in [0.3, 0.4) is 0 Å². The van der Waals surface area contributed by atoms with Crippen molar-refractivity contribution < 1.29 is 19.0 Å². The number of aromatic hydroxyl groups is 1. The van der Waals surface area contributed by atoms with E-state index in [2.05, 4.69) is 5.32 Å². The molecule has 0 aliphatic carbocycles. The molecule has 0 saturated carbocycles. The lowest BCUT2D eigenvalue weighted by molar-refractivity contribution is -0.118. The molecule has 0 saturated heterocycles. The van der Waals surface area contributed by atoms with Crippen molar-refractivity contribution in [2.45, 2.75) is 0 Å². The standard InChI is InChI=1S/C14H12FNO3/c15-10-4-6-11(7-5-10)16-14(18)9-19-13-3-1-2-12(17)8-13/h1-8,17H,9H2,(H,16,18). The molecular weight excluding hydrogens is 249 g/mol. The van der Waals surface area contributed by atoms with Crippen molar-refractivity contribution in [2.24, 2.45) is 0 Å². The molecule has 0 unspecified atom stereocenters. The highest BCUT2D eigenvalue weighted by atomic mass is 19.1. The lowest BCUT2D eigenvalue weighted by Gasteiger charge is -2.07. The molecular formula is C14H12FNO3. The molecule has 0 radical (unpaired) electrons. The predicted octanol–water partition coefficient (Wildman–Crippen LogP) is 2.55. The first kappa shape index (κ1) is 12.9. The van der Waals surface area contributed by atoms with Gasteiger partial charge in [-0.05, 0) is 36.4 Å². The zero-order valence-corrected chi connectivity index (χ0v) is 9.97. The maximum Gasteiger partial charge on any atom is 0.262 e. The molecule has 98 valence electrons. The van der Waals surface area contributed by atoms with E-state index in [1.54, 1.807) is 12.1 Å². The van der Waals surface area contributed by atoms with Crippen LogP contribution in [-0.2, 0) is 4.79 Å². The molecule has 5 heteroatoms. The number of hydrogen-bond donors (Lipinski definition) is 2. The van der Waals surface area contributed by atoms with Crippen LogP contribution >= 0.6 is 0 Å². The second-order valence-electron chi connectivity index (χ2n) is 3.84. The van der Waals surface area contributed by atoms with Crippen LogP contribution in [0.15, 0.2) is 48.5 Å². The molecule has 2 N–H and O–H groups in total. The minimum absolute atomic E-state index is 0.0662. The third-order valence-corrected chi connectivity index (χ3v) is 2.32. The number of phenolic OH excluding ortho intramolecular Hbond substituents is 1. The van der Waals surface area contributed by atoms with Crippen molar-refractivity contribution in [3.8, 4) is 11.5 Å². The van der Waals surface area contributed by atoms with E-state index in [4.69, 9.17) is 4.74 Å². The summed E-state index contributed by atoms with van der Waals surface area (Å²) in [6.45, 7) is -0.194. The van der Waals surface area contributed by atoms with Gasteiger partial charge in [0.15, 0.2) is 6.61 Å². The minimum Gasteiger partial charge on any atom is -0.508 e.